The van der Waals surface area contributed by atoms with E-state index < -0.39 is 17.5 Å². The first-order valence-corrected chi connectivity index (χ1v) is 5.78. The van der Waals surface area contributed by atoms with Gasteiger partial charge in [0.05, 0.1) is 0 Å². The molecule has 17 heavy (non-hydrogen) atoms. The van der Waals surface area contributed by atoms with Crippen LogP contribution in [0, 0.1) is 23.4 Å². The van der Waals surface area contributed by atoms with Gasteiger partial charge in [-0.1, -0.05) is 19.3 Å². The van der Waals surface area contributed by atoms with Gasteiger partial charge in [-0.2, -0.15) is 0 Å². The zero-order valence-corrected chi connectivity index (χ0v) is 9.31. The highest BCUT2D eigenvalue weighted by Crippen LogP contribution is 2.27. The molecule has 1 aromatic rings. The molecule has 0 atom stereocenters. The number of ketones is 1. The Balaban J connectivity index is 2.24. The van der Waals surface area contributed by atoms with Gasteiger partial charge in [-0.15, -0.1) is 0 Å². The summed E-state index contributed by atoms with van der Waals surface area (Å²) in [6.07, 6.45) is 4.51. The minimum absolute atomic E-state index is 0.0618. The van der Waals surface area contributed by atoms with Gasteiger partial charge in [-0.05, 0) is 25.0 Å². The Morgan fingerprint density at radius 3 is 2.06 bits per heavy atom. The Bertz CT molecular complexity index is 413. The van der Waals surface area contributed by atoms with Crippen molar-refractivity contribution in [3.63, 3.8) is 0 Å². The summed E-state index contributed by atoms with van der Waals surface area (Å²) in [5, 5.41) is 0. The van der Waals surface area contributed by atoms with E-state index >= 15 is 0 Å². The van der Waals surface area contributed by atoms with Crippen molar-refractivity contribution < 1.29 is 18.0 Å². The van der Waals surface area contributed by atoms with Crippen molar-refractivity contribution in [3.8, 4) is 0 Å². The van der Waals surface area contributed by atoms with Crippen LogP contribution in [0.2, 0.25) is 0 Å². The normalized spacial score (nSPS) is 17.1. The molecule has 0 N–H and O–H groups in total. The Labute approximate surface area is 97.6 Å². The molecule has 4 heteroatoms. The summed E-state index contributed by atoms with van der Waals surface area (Å²) in [4.78, 5) is 12.0. The van der Waals surface area contributed by atoms with Crippen LogP contribution in [0.15, 0.2) is 12.1 Å². The first-order valence-electron chi connectivity index (χ1n) is 5.78. The fourth-order valence-corrected chi connectivity index (χ4v) is 2.30. The zero-order chi connectivity index (χ0) is 12.4. The van der Waals surface area contributed by atoms with Gasteiger partial charge in [0.15, 0.2) is 23.2 Å². The molecule has 1 saturated carbocycles. The predicted molar refractivity (Wildman–Crippen MR) is 57.2 cm³/mol. The predicted octanol–water partition coefficient (Wildman–Crippen LogP) is 3.87. The summed E-state index contributed by atoms with van der Waals surface area (Å²) in [5.41, 5.74) is -0.0618. The van der Waals surface area contributed by atoms with Crippen LogP contribution in [-0.4, -0.2) is 5.78 Å². The third-order valence-corrected chi connectivity index (χ3v) is 3.24. The summed E-state index contributed by atoms with van der Waals surface area (Å²) in [6, 6.07) is 1.57. The number of carbonyl (C=O) groups is 1. The van der Waals surface area contributed by atoms with Crippen LogP contribution < -0.4 is 0 Å². The molecule has 1 aliphatic rings. The second-order valence-corrected chi connectivity index (χ2v) is 4.45. The summed E-state index contributed by atoms with van der Waals surface area (Å²) < 4.78 is 38.8. The SMILES string of the molecule is O=C(c1cc(F)c(F)c(F)c1)C1CCCCC1. The third-order valence-electron chi connectivity index (χ3n) is 3.24. The van der Waals surface area contributed by atoms with Crippen molar-refractivity contribution in [2.75, 3.05) is 0 Å². The average Bonchev–Trinajstić information content (AvgIpc) is 2.35. The maximum Gasteiger partial charge on any atom is 0.194 e. The maximum absolute atomic E-state index is 13.0. The van der Waals surface area contributed by atoms with E-state index in [4.69, 9.17) is 0 Å². The van der Waals surface area contributed by atoms with Crippen molar-refractivity contribution in [3.05, 3.63) is 35.1 Å². The van der Waals surface area contributed by atoms with Gasteiger partial charge in [0, 0.05) is 11.5 Å². The molecule has 92 valence electrons. The van der Waals surface area contributed by atoms with Crippen LogP contribution in [-0.2, 0) is 0 Å². The average molecular weight is 242 g/mol. The van der Waals surface area contributed by atoms with Crippen LogP contribution in [0.1, 0.15) is 42.5 Å². The molecule has 1 fully saturated rings. The number of rotatable bonds is 2. The summed E-state index contributed by atoms with van der Waals surface area (Å²) in [6.45, 7) is 0. The van der Waals surface area contributed by atoms with Gasteiger partial charge in [0.2, 0.25) is 0 Å². The number of halogens is 3. The van der Waals surface area contributed by atoms with Crippen molar-refractivity contribution in [2.24, 2.45) is 5.92 Å². The summed E-state index contributed by atoms with van der Waals surface area (Å²) >= 11 is 0. The minimum atomic E-state index is -1.52. The lowest BCUT2D eigenvalue weighted by molar-refractivity contribution is 0.0888. The molecular formula is C13H13F3O. The van der Waals surface area contributed by atoms with Crippen molar-refractivity contribution in [1.29, 1.82) is 0 Å². The highest BCUT2D eigenvalue weighted by molar-refractivity contribution is 5.97. The number of benzene rings is 1. The molecule has 1 aromatic carbocycles. The summed E-state index contributed by atoms with van der Waals surface area (Å²) in [7, 11) is 0. The van der Waals surface area contributed by atoms with E-state index in [-0.39, 0.29) is 17.3 Å². The molecule has 0 amide bonds. The molecule has 0 bridgehead atoms. The quantitative estimate of drug-likeness (QED) is 0.568. The van der Waals surface area contributed by atoms with Crippen LogP contribution in [0.4, 0.5) is 13.2 Å². The van der Waals surface area contributed by atoms with E-state index in [2.05, 4.69) is 0 Å². The molecule has 1 nitrogen and oxygen atoms in total. The van der Waals surface area contributed by atoms with E-state index in [0.717, 1.165) is 44.2 Å². The Kier molecular flexibility index (Phi) is 3.50. The minimum Gasteiger partial charge on any atom is -0.294 e. The molecule has 0 aliphatic heterocycles. The molecule has 0 spiro atoms. The number of Topliss-reactive ketones (excluding diaryl/α,β-unsaturated/α-hetero) is 1. The van der Waals surface area contributed by atoms with Crippen LogP contribution in [0.3, 0.4) is 0 Å². The van der Waals surface area contributed by atoms with Crippen molar-refractivity contribution >= 4 is 5.78 Å². The second-order valence-electron chi connectivity index (χ2n) is 4.45. The fraction of sp³-hybridized carbons (Fsp3) is 0.462. The van der Waals surface area contributed by atoms with Gasteiger partial charge in [-0.3, -0.25) is 4.79 Å². The van der Waals surface area contributed by atoms with Crippen LogP contribution in [0.5, 0.6) is 0 Å². The molecule has 0 aromatic heterocycles. The number of hydrogen-bond donors (Lipinski definition) is 0. The van der Waals surface area contributed by atoms with E-state index in [0.29, 0.717) is 0 Å². The largest absolute Gasteiger partial charge is 0.294 e. The van der Waals surface area contributed by atoms with E-state index in [9.17, 15) is 18.0 Å². The smallest absolute Gasteiger partial charge is 0.194 e. The van der Waals surface area contributed by atoms with Crippen LogP contribution >= 0.6 is 0 Å². The van der Waals surface area contributed by atoms with Crippen molar-refractivity contribution in [2.45, 2.75) is 32.1 Å². The lowest BCUT2D eigenvalue weighted by Gasteiger charge is -2.20. The number of carbonyl (C=O) groups excluding carboxylic acids is 1. The first kappa shape index (κ1) is 12.1. The van der Waals surface area contributed by atoms with E-state index in [1.807, 2.05) is 0 Å². The highest BCUT2D eigenvalue weighted by atomic mass is 19.2. The van der Waals surface area contributed by atoms with Gasteiger partial charge in [0.25, 0.3) is 0 Å². The topological polar surface area (TPSA) is 17.1 Å². The molecule has 0 saturated heterocycles. The Morgan fingerprint density at radius 2 is 1.53 bits per heavy atom. The monoisotopic (exact) mass is 242 g/mol. The van der Waals surface area contributed by atoms with Gasteiger partial charge >= 0.3 is 0 Å². The van der Waals surface area contributed by atoms with Crippen LogP contribution in [0.25, 0.3) is 0 Å². The molecule has 0 radical (unpaired) electrons. The third kappa shape index (κ3) is 2.51. The molecule has 1 aliphatic carbocycles. The highest BCUT2D eigenvalue weighted by Gasteiger charge is 2.24. The molecular weight excluding hydrogens is 229 g/mol. The Hall–Kier alpha value is -1.32. The lowest BCUT2D eigenvalue weighted by atomic mass is 9.84. The van der Waals surface area contributed by atoms with Crippen molar-refractivity contribution in [1.82, 2.24) is 0 Å². The van der Waals surface area contributed by atoms with Gasteiger partial charge in [-0.25, -0.2) is 13.2 Å². The standard InChI is InChI=1S/C13H13F3O/c14-10-6-9(7-11(15)12(10)16)13(17)8-4-2-1-3-5-8/h6-8H,1-5H2. The Morgan fingerprint density at radius 1 is 1.00 bits per heavy atom. The first-order chi connectivity index (χ1) is 8.09. The second kappa shape index (κ2) is 4.90. The van der Waals surface area contributed by atoms with Gasteiger partial charge < -0.3 is 0 Å². The lowest BCUT2D eigenvalue weighted by Crippen LogP contribution is -2.18. The van der Waals surface area contributed by atoms with E-state index in [1.54, 1.807) is 0 Å². The fourth-order valence-electron chi connectivity index (χ4n) is 2.30. The number of hydrogen-bond acceptors (Lipinski definition) is 1. The summed E-state index contributed by atoms with van der Waals surface area (Å²) in [5.74, 6) is -4.57. The molecule has 0 unspecified atom stereocenters. The molecule has 0 heterocycles. The molecule has 2 rings (SSSR count). The van der Waals surface area contributed by atoms with Gasteiger partial charge in [0.1, 0.15) is 0 Å². The maximum atomic E-state index is 13.0. The zero-order valence-electron chi connectivity index (χ0n) is 9.31. The van der Waals surface area contributed by atoms with E-state index in [1.165, 1.54) is 0 Å².